The van der Waals surface area contributed by atoms with Crippen LogP contribution < -0.4 is 5.32 Å². The highest BCUT2D eigenvalue weighted by Gasteiger charge is 2.46. The number of carbonyl (C=O) groups is 2. The first-order chi connectivity index (χ1) is 14.5. The van der Waals surface area contributed by atoms with E-state index in [0.29, 0.717) is 31.5 Å². The molecule has 1 aromatic heterocycles. The quantitative estimate of drug-likeness (QED) is 0.697. The minimum atomic E-state index is -0.450. The summed E-state index contributed by atoms with van der Waals surface area (Å²) < 4.78 is 0. The molecule has 2 atom stereocenters. The van der Waals surface area contributed by atoms with Gasteiger partial charge in [0.15, 0.2) is 0 Å². The van der Waals surface area contributed by atoms with Crippen LogP contribution in [0.3, 0.4) is 0 Å². The summed E-state index contributed by atoms with van der Waals surface area (Å²) in [6.45, 7) is 6.30. The fourth-order valence-electron chi connectivity index (χ4n) is 4.68. The summed E-state index contributed by atoms with van der Waals surface area (Å²) in [5.41, 5.74) is 2.00. The second-order valence-electron chi connectivity index (χ2n) is 8.99. The molecular weight excluding hydrogens is 392 g/mol. The summed E-state index contributed by atoms with van der Waals surface area (Å²) >= 11 is 1.73. The molecule has 2 fully saturated rings. The highest BCUT2D eigenvalue weighted by atomic mass is 32.1. The number of nitrogens with one attached hydrogen (secondary N) is 1. The van der Waals surface area contributed by atoms with Gasteiger partial charge in [-0.1, -0.05) is 44.2 Å². The first-order valence-corrected chi connectivity index (χ1v) is 12.1. The molecule has 0 bridgehead atoms. The van der Waals surface area contributed by atoms with E-state index in [1.54, 1.807) is 11.3 Å². The van der Waals surface area contributed by atoms with Gasteiger partial charge in [-0.05, 0) is 60.6 Å². The largest absolute Gasteiger partial charge is 0.356 e. The maximum absolute atomic E-state index is 13.3. The van der Waals surface area contributed by atoms with Gasteiger partial charge >= 0.3 is 0 Å². The van der Waals surface area contributed by atoms with Gasteiger partial charge in [0.2, 0.25) is 11.8 Å². The van der Waals surface area contributed by atoms with Gasteiger partial charge in [-0.2, -0.15) is 0 Å². The third-order valence-corrected chi connectivity index (χ3v) is 7.71. The van der Waals surface area contributed by atoms with E-state index >= 15 is 0 Å². The van der Waals surface area contributed by atoms with Crippen molar-refractivity contribution in [1.82, 2.24) is 10.2 Å². The van der Waals surface area contributed by atoms with Crippen molar-refractivity contribution in [2.45, 2.75) is 46.0 Å². The minimum Gasteiger partial charge on any atom is -0.356 e. The molecular formula is C25H32N2O2S. The van der Waals surface area contributed by atoms with E-state index in [4.69, 9.17) is 0 Å². The van der Waals surface area contributed by atoms with Crippen LogP contribution in [0.25, 0.3) is 10.4 Å². The second-order valence-corrected chi connectivity index (χ2v) is 9.94. The van der Waals surface area contributed by atoms with Crippen molar-refractivity contribution in [3.63, 3.8) is 0 Å². The zero-order chi connectivity index (χ0) is 21.1. The maximum atomic E-state index is 13.3. The Morgan fingerprint density at radius 3 is 2.53 bits per heavy atom. The average molecular weight is 425 g/mol. The van der Waals surface area contributed by atoms with Crippen molar-refractivity contribution in [2.75, 3.05) is 19.6 Å². The van der Waals surface area contributed by atoms with Crippen LogP contribution in [0.2, 0.25) is 0 Å². The zero-order valence-electron chi connectivity index (χ0n) is 18.0. The molecule has 4 nitrogen and oxygen atoms in total. The Morgan fingerprint density at radius 1 is 1.17 bits per heavy atom. The maximum Gasteiger partial charge on any atom is 0.226 e. The molecule has 1 aromatic carbocycles. The molecule has 5 heteroatoms. The number of hydrogen-bond donors (Lipinski definition) is 1. The molecule has 2 aliphatic rings. The van der Waals surface area contributed by atoms with Gasteiger partial charge in [0.05, 0.1) is 5.41 Å². The fourth-order valence-corrected chi connectivity index (χ4v) is 5.46. The lowest BCUT2D eigenvalue weighted by atomic mass is 9.72. The lowest BCUT2D eigenvalue weighted by Gasteiger charge is -2.41. The summed E-state index contributed by atoms with van der Waals surface area (Å²) in [5, 5.41) is 5.26. The number of carbonyl (C=O) groups excluding carboxylic acids is 2. The summed E-state index contributed by atoms with van der Waals surface area (Å²) in [6, 6.07) is 12.7. The standard InChI is InChI=1S/C25H32N2O2S/c1-3-12-26-24(29)25(10-13-27(14-11-25)23(28)21-16-18(21)2)17-19-7-4-5-8-20(19)22-9-6-15-30-22/h4-9,15,18,21H,3,10-14,16-17H2,1-2H3,(H,26,29)/t18-,21+/m0/s1. The lowest BCUT2D eigenvalue weighted by Crippen LogP contribution is -2.51. The van der Waals surface area contributed by atoms with E-state index in [1.807, 2.05) is 4.90 Å². The Kier molecular flexibility index (Phi) is 6.28. The number of likely N-dealkylation sites (tertiary alicyclic amines) is 1. The van der Waals surface area contributed by atoms with Crippen molar-refractivity contribution in [3.8, 4) is 10.4 Å². The minimum absolute atomic E-state index is 0.150. The summed E-state index contributed by atoms with van der Waals surface area (Å²) in [6.07, 6.45) is 4.13. The van der Waals surface area contributed by atoms with Crippen LogP contribution in [-0.2, 0) is 16.0 Å². The molecule has 4 rings (SSSR count). The van der Waals surface area contributed by atoms with Crippen molar-refractivity contribution >= 4 is 23.2 Å². The average Bonchev–Trinajstić information content (AvgIpc) is 3.25. The fraction of sp³-hybridized carbons (Fsp3) is 0.520. The van der Waals surface area contributed by atoms with Crippen molar-refractivity contribution in [3.05, 3.63) is 47.3 Å². The molecule has 0 spiro atoms. The molecule has 0 radical (unpaired) electrons. The lowest BCUT2D eigenvalue weighted by molar-refractivity contribution is -0.141. The van der Waals surface area contributed by atoms with Gasteiger partial charge in [-0.15, -0.1) is 11.3 Å². The number of rotatable bonds is 7. The van der Waals surface area contributed by atoms with Crippen LogP contribution in [0.4, 0.5) is 0 Å². The van der Waals surface area contributed by atoms with E-state index in [1.165, 1.54) is 16.0 Å². The molecule has 160 valence electrons. The number of benzene rings is 1. The molecule has 0 unspecified atom stereocenters. The SMILES string of the molecule is CCCNC(=O)C1(Cc2ccccc2-c2cccs2)CCN(C(=O)[C@@H]2C[C@@H]2C)CC1. The van der Waals surface area contributed by atoms with Gasteiger partial charge in [0.25, 0.3) is 0 Å². The Hall–Kier alpha value is -2.14. The zero-order valence-corrected chi connectivity index (χ0v) is 18.8. The van der Waals surface area contributed by atoms with E-state index in [0.717, 1.165) is 32.1 Å². The Bertz CT molecular complexity index is 884. The second kappa shape index (κ2) is 8.93. The molecule has 1 saturated carbocycles. The summed E-state index contributed by atoms with van der Waals surface area (Å²) in [5.74, 6) is 1.18. The van der Waals surface area contributed by atoms with E-state index < -0.39 is 5.41 Å². The van der Waals surface area contributed by atoms with E-state index in [2.05, 4.69) is 60.9 Å². The Labute approximate surface area is 183 Å². The first kappa shape index (κ1) is 21.1. The summed E-state index contributed by atoms with van der Waals surface area (Å²) in [7, 11) is 0. The van der Waals surface area contributed by atoms with Gasteiger partial charge in [0, 0.05) is 30.4 Å². The van der Waals surface area contributed by atoms with Crippen LogP contribution >= 0.6 is 11.3 Å². The topological polar surface area (TPSA) is 49.4 Å². The Balaban J connectivity index is 1.56. The molecule has 1 N–H and O–H groups in total. The smallest absolute Gasteiger partial charge is 0.226 e. The van der Waals surface area contributed by atoms with E-state index in [-0.39, 0.29) is 11.8 Å². The van der Waals surface area contributed by atoms with Crippen LogP contribution in [0.1, 0.15) is 45.1 Å². The highest BCUT2D eigenvalue weighted by molar-refractivity contribution is 7.13. The van der Waals surface area contributed by atoms with Crippen LogP contribution in [-0.4, -0.2) is 36.3 Å². The Morgan fingerprint density at radius 2 is 1.90 bits per heavy atom. The predicted octanol–water partition coefficient (Wildman–Crippen LogP) is 4.75. The number of nitrogens with zero attached hydrogens (tertiary/aromatic N) is 1. The highest BCUT2D eigenvalue weighted by Crippen LogP contribution is 2.43. The molecule has 1 aliphatic carbocycles. The molecule has 2 amide bonds. The predicted molar refractivity (Wildman–Crippen MR) is 122 cm³/mol. The summed E-state index contributed by atoms with van der Waals surface area (Å²) in [4.78, 5) is 29.3. The first-order valence-electron chi connectivity index (χ1n) is 11.2. The number of hydrogen-bond acceptors (Lipinski definition) is 3. The molecule has 2 aromatic rings. The van der Waals surface area contributed by atoms with Crippen molar-refractivity contribution in [1.29, 1.82) is 0 Å². The third-order valence-electron chi connectivity index (χ3n) is 6.81. The van der Waals surface area contributed by atoms with Crippen LogP contribution in [0.5, 0.6) is 0 Å². The van der Waals surface area contributed by atoms with Gasteiger partial charge in [-0.3, -0.25) is 9.59 Å². The van der Waals surface area contributed by atoms with Crippen molar-refractivity contribution < 1.29 is 9.59 Å². The van der Waals surface area contributed by atoms with E-state index in [9.17, 15) is 9.59 Å². The van der Waals surface area contributed by atoms with Gasteiger partial charge in [-0.25, -0.2) is 0 Å². The third kappa shape index (κ3) is 4.31. The van der Waals surface area contributed by atoms with Gasteiger partial charge in [0.1, 0.15) is 0 Å². The molecule has 1 saturated heterocycles. The number of thiophene rings is 1. The van der Waals surface area contributed by atoms with Crippen molar-refractivity contribution in [2.24, 2.45) is 17.3 Å². The molecule has 1 aliphatic heterocycles. The molecule has 30 heavy (non-hydrogen) atoms. The van der Waals surface area contributed by atoms with Crippen LogP contribution in [0, 0.1) is 17.3 Å². The monoisotopic (exact) mass is 424 g/mol. The number of piperidine rings is 1. The van der Waals surface area contributed by atoms with Gasteiger partial charge < -0.3 is 10.2 Å². The molecule has 2 heterocycles. The normalized spacial score (nSPS) is 22.5. The number of amides is 2. The van der Waals surface area contributed by atoms with Crippen LogP contribution in [0.15, 0.2) is 41.8 Å².